The van der Waals surface area contributed by atoms with E-state index in [9.17, 15) is 9.90 Å². The first-order valence-corrected chi connectivity index (χ1v) is 7.40. The van der Waals surface area contributed by atoms with E-state index in [1.165, 1.54) is 0 Å². The number of halogens is 2. The van der Waals surface area contributed by atoms with Gasteiger partial charge in [0, 0.05) is 6.07 Å². The number of rotatable bonds is 6. The Hall–Kier alpha value is -0.970. The van der Waals surface area contributed by atoms with Gasteiger partial charge in [-0.25, -0.2) is 0 Å². The van der Waals surface area contributed by atoms with Gasteiger partial charge in [0.05, 0.1) is 34.2 Å². The molecule has 0 spiro atoms. The maximum Gasteiger partial charge on any atom is 0.223 e. The van der Waals surface area contributed by atoms with Crippen molar-refractivity contribution in [2.75, 3.05) is 6.61 Å². The molecule has 1 rings (SSSR count). The number of hydrogen-bond donors (Lipinski definition) is 2. The maximum atomic E-state index is 11.9. The zero-order chi connectivity index (χ0) is 16.3. The van der Waals surface area contributed by atoms with E-state index in [0.29, 0.717) is 15.8 Å². The van der Waals surface area contributed by atoms with Crippen molar-refractivity contribution >= 4 is 29.1 Å². The van der Waals surface area contributed by atoms with Crippen LogP contribution in [-0.4, -0.2) is 28.8 Å². The van der Waals surface area contributed by atoms with Gasteiger partial charge < -0.3 is 15.2 Å². The summed E-state index contributed by atoms with van der Waals surface area (Å²) in [5.74, 6) is 0.362. The summed E-state index contributed by atoms with van der Waals surface area (Å²) in [6.07, 6.45) is 0.180. The number of nitrogens with one attached hydrogen (secondary N) is 1. The molecule has 118 valence electrons. The van der Waals surface area contributed by atoms with E-state index in [1.807, 2.05) is 0 Å². The van der Waals surface area contributed by atoms with Crippen molar-refractivity contribution in [2.45, 2.75) is 45.3 Å². The van der Waals surface area contributed by atoms with Gasteiger partial charge in [-0.15, -0.1) is 0 Å². The number of amides is 1. The highest BCUT2D eigenvalue weighted by Crippen LogP contribution is 2.26. The van der Waals surface area contributed by atoms with Crippen LogP contribution >= 0.6 is 23.2 Å². The number of carbonyl (C=O) groups is 1. The van der Waals surface area contributed by atoms with Crippen molar-refractivity contribution < 1.29 is 14.6 Å². The lowest BCUT2D eigenvalue weighted by molar-refractivity contribution is -0.126. The summed E-state index contributed by atoms with van der Waals surface area (Å²) < 4.78 is 5.45. The van der Waals surface area contributed by atoms with E-state index in [0.717, 1.165) is 0 Å². The molecule has 0 atom stereocenters. The molecule has 0 fully saturated rings. The Morgan fingerprint density at radius 3 is 2.38 bits per heavy atom. The Morgan fingerprint density at radius 1 is 1.24 bits per heavy atom. The van der Waals surface area contributed by atoms with Crippen LogP contribution in [0.2, 0.25) is 10.0 Å². The molecular formula is C15H21Cl2NO3. The molecule has 4 nitrogen and oxygen atoms in total. The van der Waals surface area contributed by atoms with Gasteiger partial charge in [-0.1, -0.05) is 23.2 Å². The van der Waals surface area contributed by atoms with Crippen molar-refractivity contribution in [1.29, 1.82) is 0 Å². The molecule has 0 saturated carbocycles. The summed E-state index contributed by atoms with van der Waals surface area (Å²) in [5.41, 5.74) is -1.75. The van der Waals surface area contributed by atoms with Crippen LogP contribution in [0.15, 0.2) is 18.2 Å². The van der Waals surface area contributed by atoms with Gasteiger partial charge >= 0.3 is 0 Å². The van der Waals surface area contributed by atoms with Crippen molar-refractivity contribution in [1.82, 2.24) is 5.32 Å². The zero-order valence-corrected chi connectivity index (χ0v) is 14.2. The topological polar surface area (TPSA) is 58.6 Å². The monoisotopic (exact) mass is 333 g/mol. The van der Waals surface area contributed by atoms with Gasteiger partial charge in [-0.2, -0.15) is 0 Å². The number of benzene rings is 1. The van der Waals surface area contributed by atoms with Crippen LogP contribution in [0.5, 0.6) is 5.75 Å². The second-order valence-electron chi connectivity index (χ2n) is 5.91. The van der Waals surface area contributed by atoms with Crippen molar-refractivity contribution in [3.05, 3.63) is 28.2 Å². The van der Waals surface area contributed by atoms with E-state index in [4.69, 9.17) is 27.9 Å². The van der Waals surface area contributed by atoms with Crippen LogP contribution in [-0.2, 0) is 4.79 Å². The summed E-state index contributed by atoms with van der Waals surface area (Å²) in [6.45, 7) is 7.06. The molecule has 0 heterocycles. The van der Waals surface area contributed by atoms with Crippen LogP contribution in [0.4, 0.5) is 0 Å². The molecule has 1 amide bonds. The first-order chi connectivity index (χ1) is 9.53. The number of aliphatic hydroxyl groups is 1. The van der Waals surface area contributed by atoms with Crippen molar-refractivity contribution in [2.24, 2.45) is 0 Å². The molecule has 6 heteroatoms. The Morgan fingerprint density at radius 2 is 1.86 bits per heavy atom. The second kappa shape index (κ2) is 6.86. The van der Waals surface area contributed by atoms with Gasteiger partial charge in [0.25, 0.3) is 0 Å². The lowest BCUT2D eigenvalue weighted by atomic mass is 9.86. The smallest absolute Gasteiger partial charge is 0.223 e. The highest BCUT2D eigenvalue weighted by atomic mass is 35.5. The third kappa shape index (κ3) is 5.38. The molecule has 0 aliphatic carbocycles. The normalized spacial score (nSPS) is 12.1. The Bertz CT molecular complexity index is 510. The average Bonchev–Trinajstić information content (AvgIpc) is 2.31. The molecule has 0 aliphatic heterocycles. The number of hydrogen-bond acceptors (Lipinski definition) is 3. The second-order valence-corrected chi connectivity index (χ2v) is 6.72. The maximum absolute atomic E-state index is 11.9. The quantitative estimate of drug-likeness (QED) is 0.838. The predicted molar refractivity (Wildman–Crippen MR) is 85.1 cm³/mol. The zero-order valence-electron chi connectivity index (χ0n) is 12.7. The van der Waals surface area contributed by atoms with E-state index in [1.54, 1.807) is 45.9 Å². The lowest BCUT2D eigenvalue weighted by Crippen LogP contribution is -2.57. The molecule has 2 N–H and O–H groups in total. The van der Waals surface area contributed by atoms with E-state index >= 15 is 0 Å². The summed E-state index contributed by atoms with van der Waals surface area (Å²) in [6, 6.07) is 4.92. The molecule has 1 aromatic carbocycles. The molecule has 0 aromatic heterocycles. The molecule has 21 heavy (non-hydrogen) atoms. The minimum absolute atomic E-state index is 0.180. The molecule has 0 unspecified atom stereocenters. The fourth-order valence-corrected chi connectivity index (χ4v) is 1.68. The molecular weight excluding hydrogens is 313 g/mol. The molecule has 0 bridgehead atoms. The Labute approximate surface area is 135 Å². The summed E-state index contributed by atoms with van der Waals surface area (Å²) in [4.78, 5) is 11.9. The van der Waals surface area contributed by atoms with Crippen LogP contribution in [0, 0.1) is 0 Å². The third-order valence-electron chi connectivity index (χ3n) is 3.47. The average molecular weight is 334 g/mol. The van der Waals surface area contributed by atoms with Gasteiger partial charge in [-0.3, -0.25) is 4.79 Å². The van der Waals surface area contributed by atoms with Gasteiger partial charge in [-0.05, 0) is 39.8 Å². The van der Waals surface area contributed by atoms with Crippen molar-refractivity contribution in [3.8, 4) is 5.75 Å². The predicted octanol–water partition coefficient (Wildman–Crippen LogP) is 3.43. The standard InChI is InChI=1S/C15H21Cl2NO3/c1-14(2,15(3,4)20)18-13(19)7-8-21-10-5-6-11(16)12(17)9-10/h5-6,9,20H,7-8H2,1-4H3,(H,18,19). The van der Waals surface area contributed by atoms with Crippen LogP contribution < -0.4 is 10.1 Å². The van der Waals surface area contributed by atoms with E-state index in [-0.39, 0.29) is 18.9 Å². The largest absolute Gasteiger partial charge is 0.493 e. The summed E-state index contributed by atoms with van der Waals surface area (Å²) in [5, 5.41) is 13.6. The Kier molecular flexibility index (Phi) is 5.91. The Balaban J connectivity index is 2.45. The fourth-order valence-electron chi connectivity index (χ4n) is 1.39. The first-order valence-electron chi connectivity index (χ1n) is 6.64. The summed E-state index contributed by atoms with van der Waals surface area (Å²) >= 11 is 11.7. The number of ether oxygens (including phenoxy) is 1. The van der Waals surface area contributed by atoms with Crippen LogP contribution in [0.3, 0.4) is 0 Å². The van der Waals surface area contributed by atoms with Gasteiger partial charge in [0.2, 0.25) is 5.91 Å². The van der Waals surface area contributed by atoms with E-state index < -0.39 is 11.1 Å². The van der Waals surface area contributed by atoms with Gasteiger partial charge in [0.15, 0.2) is 0 Å². The molecule has 0 aliphatic rings. The van der Waals surface area contributed by atoms with Crippen LogP contribution in [0.1, 0.15) is 34.1 Å². The minimum atomic E-state index is -1.02. The minimum Gasteiger partial charge on any atom is -0.493 e. The van der Waals surface area contributed by atoms with Gasteiger partial charge in [0.1, 0.15) is 5.75 Å². The molecule has 0 saturated heterocycles. The molecule has 0 radical (unpaired) electrons. The highest BCUT2D eigenvalue weighted by Gasteiger charge is 2.36. The van der Waals surface area contributed by atoms with Crippen molar-refractivity contribution in [3.63, 3.8) is 0 Å². The first kappa shape index (κ1) is 18.1. The number of carbonyl (C=O) groups excluding carboxylic acids is 1. The fraction of sp³-hybridized carbons (Fsp3) is 0.533. The third-order valence-corrected chi connectivity index (χ3v) is 4.21. The van der Waals surface area contributed by atoms with E-state index in [2.05, 4.69) is 5.32 Å². The summed E-state index contributed by atoms with van der Waals surface area (Å²) in [7, 11) is 0. The highest BCUT2D eigenvalue weighted by molar-refractivity contribution is 6.42. The molecule has 1 aromatic rings. The van der Waals surface area contributed by atoms with Crippen LogP contribution in [0.25, 0.3) is 0 Å². The lowest BCUT2D eigenvalue weighted by Gasteiger charge is -2.38. The SMILES string of the molecule is CC(C)(O)C(C)(C)NC(=O)CCOc1ccc(Cl)c(Cl)c1.